The van der Waals surface area contributed by atoms with Crippen LogP contribution in [0.25, 0.3) is 0 Å². The molecule has 0 radical (unpaired) electrons. The van der Waals surface area contributed by atoms with Crippen LogP contribution >= 0.6 is 22.6 Å². The zero-order valence-electron chi connectivity index (χ0n) is 12.1. The maximum atomic E-state index is 12.0. The number of carbonyl (C=O) groups excluding carboxylic acids is 1. The Bertz CT molecular complexity index is 594. The third-order valence-corrected chi connectivity index (χ3v) is 4.66. The van der Waals surface area contributed by atoms with Gasteiger partial charge < -0.3 is 15.4 Å². The number of nitrogens with zero attached hydrogens (tertiary/aromatic N) is 3. The Hall–Kier alpha value is -1.32. The first-order valence-corrected chi connectivity index (χ1v) is 7.79. The molecule has 0 aromatic carbocycles. The second-order valence-electron chi connectivity index (χ2n) is 5.68. The monoisotopic (exact) mass is 406 g/mol. The van der Waals surface area contributed by atoms with E-state index in [0.29, 0.717) is 16.1 Å². The van der Waals surface area contributed by atoms with Gasteiger partial charge >= 0.3 is 6.09 Å². The molecular weight excluding hydrogens is 387 g/mol. The number of rotatable bonds is 3. The maximum absolute atomic E-state index is 12.0. The van der Waals surface area contributed by atoms with Crippen LogP contribution in [0.2, 0.25) is 0 Å². The van der Waals surface area contributed by atoms with Gasteiger partial charge in [0.15, 0.2) is 0 Å². The predicted octanol–water partition coefficient (Wildman–Crippen LogP) is 1.09. The van der Waals surface area contributed by atoms with Crippen LogP contribution in [0.15, 0.2) is 11.0 Å². The molecule has 1 aromatic rings. The van der Waals surface area contributed by atoms with Gasteiger partial charge in [-0.1, -0.05) is 6.92 Å². The number of piperidine rings is 1. The van der Waals surface area contributed by atoms with Crippen molar-refractivity contribution in [3.05, 3.63) is 20.1 Å². The van der Waals surface area contributed by atoms with Crippen molar-refractivity contribution >= 4 is 34.6 Å². The van der Waals surface area contributed by atoms with Gasteiger partial charge in [-0.25, -0.2) is 9.78 Å². The Labute approximate surface area is 136 Å². The van der Waals surface area contributed by atoms with Crippen LogP contribution in [0.1, 0.15) is 19.8 Å². The van der Waals surface area contributed by atoms with Crippen LogP contribution in [0, 0.1) is 8.99 Å². The van der Waals surface area contributed by atoms with E-state index < -0.39 is 6.09 Å². The minimum Gasteiger partial charge on any atom is -0.449 e. The fourth-order valence-corrected chi connectivity index (χ4v) is 2.94. The topological polar surface area (TPSA) is 90.4 Å². The second-order valence-corrected chi connectivity index (χ2v) is 6.84. The number of amides is 1. The van der Waals surface area contributed by atoms with Crippen molar-refractivity contribution in [3.8, 4) is 0 Å². The number of primary amides is 1. The zero-order chi connectivity index (χ0) is 15.6. The van der Waals surface area contributed by atoms with Crippen molar-refractivity contribution in [1.82, 2.24) is 9.55 Å². The molecular formula is C13H19IN4O3. The van der Waals surface area contributed by atoms with Crippen molar-refractivity contribution in [2.75, 3.05) is 24.6 Å². The van der Waals surface area contributed by atoms with E-state index in [2.05, 4.69) is 16.8 Å². The number of carbonyl (C=O) groups is 1. The lowest BCUT2D eigenvalue weighted by atomic mass is 9.81. The summed E-state index contributed by atoms with van der Waals surface area (Å²) in [5.41, 5.74) is 4.91. The smallest absolute Gasteiger partial charge is 0.404 e. The van der Waals surface area contributed by atoms with Gasteiger partial charge in [-0.3, -0.25) is 9.36 Å². The summed E-state index contributed by atoms with van der Waals surface area (Å²) in [4.78, 5) is 29.1. The van der Waals surface area contributed by atoms with Crippen LogP contribution < -0.4 is 16.2 Å². The van der Waals surface area contributed by atoms with Crippen LogP contribution in [-0.4, -0.2) is 35.3 Å². The zero-order valence-corrected chi connectivity index (χ0v) is 14.3. The molecule has 1 fully saturated rings. The minimum atomic E-state index is -0.736. The summed E-state index contributed by atoms with van der Waals surface area (Å²) in [6.07, 6.45) is 2.56. The van der Waals surface area contributed by atoms with Crippen molar-refractivity contribution in [3.63, 3.8) is 0 Å². The molecule has 0 saturated carbocycles. The van der Waals surface area contributed by atoms with Crippen molar-refractivity contribution < 1.29 is 9.53 Å². The molecule has 116 valence electrons. The number of hydrogen-bond donors (Lipinski definition) is 1. The van der Waals surface area contributed by atoms with E-state index in [1.54, 1.807) is 17.8 Å². The summed E-state index contributed by atoms with van der Waals surface area (Å²) in [7, 11) is 1.73. The summed E-state index contributed by atoms with van der Waals surface area (Å²) in [6.45, 7) is 3.93. The number of aromatic nitrogens is 2. The molecule has 1 aromatic heterocycles. The van der Waals surface area contributed by atoms with Crippen molar-refractivity contribution in [2.45, 2.75) is 19.8 Å². The second kappa shape index (κ2) is 6.20. The average Bonchev–Trinajstić information content (AvgIpc) is 2.45. The number of halogens is 1. The van der Waals surface area contributed by atoms with E-state index >= 15 is 0 Å². The molecule has 0 spiro atoms. The fourth-order valence-electron chi connectivity index (χ4n) is 2.44. The summed E-state index contributed by atoms with van der Waals surface area (Å²) in [6, 6.07) is 0. The molecule has 0 atom stereocenters. The molecule has 2 N–H and O–H groups in total. The van der Waals surface area contributed by atoms with Crippen LogP contribution in [0.4, 0.5) is 10.7 Å². The molecule has 2 rings (SSSR count). The van der Waals surface area contributed by atoms with Gasteiger partial charge in [0.1, 0.15) is 0 Å². The van der Waals surface area contributed by atoms with Gasteiger partial charge in [-0.15, -0.1) is 0 Å². The number of anilines is 1. The van der Waals surface area contributed by atoms with E-state index in [1.807, 2.05) is 22.6 Å². The predicted molar refractivity (Wildman–Crippen MR) is 87.3 cm³/mol. The highest BCUT2D eigenvalue weighted by molar-refractivity contribution is 14.1. The molecule has 7 nitrogen and oxygen atoms in total. The molecule has 0 bridgehead atoms. The summed E-state index contributed by atoms with van der Waals surface area (Å²) >= 11 is 1.99. The largest absolute Gasteiger partial charge is 0.449 e. The van der Waals surface area contributed by atoms with Gasteiger partial charge in [-0.05, 0) is 35.4 Å². The average molecular weight is 406 g/mol. The third-order valence-electron chi connectivity index (χ3n) is 3.92. The molecule has 0 unspecified atom stereocenters. The van der Waals surface area contributed by atoms with Crippen molar-refractivity contribution in [2.24, 2.45) is 18.2 Å². The standard InChI is InChI=1S/C13H19IN4O3/c1-13(8-21-11(15)20)3-5-18(6-4-13)12-16-7-9(14)10(19)17(12)2/h7H,3-6,8H2,1-2H3,(H2,15,20). The molecule has 0 aliphatic carbocycles. The summed E-state index contributed by atoms with van der Waals surface area (Å²) in [5, 5.41) is 0. The lowest BCUT2D eigenvalue weighted by Gasteiger charge is -2.39. The summed E-state index contributed by atoms with van der Waals surface area (Å²) < 4.78 is 7.11. The molecule has 1 saturated heterocycles. The van der Waals surface area contributed by atoms with Gasteiger partial charge in [0, 0.05) is 31.7 Å². The first-order chi connectivity index (χ1) is 9.82. The lowest BCUT2D eigenvalue weighted by Crippen LogP contribution is -2.44. The van der Waals surface area contributed by atoms with E-state index in [-0.39, 0.29) is 11.0 Å². The molecule has 1 amide bonds. The Morgan fingerprint density at radius 2 is 2.14 bits per heavy atom. The highest BCUT2D eigenvalue weighted by atomic mass is 127. The van der Waals surface area contributed by atoms with Crippen LogP contribution in [0.3, 0.4) is 0 Å². The van der Waals surface area contributed by atoms with Crippen LogP contribution in [0.5, 0.6) is 0 Å². The van der Waals surface area contributed by atoms with Gasteiger partial charge in [0.05, 0.1) is 10.2 Å². The highest BCUT2D eigenvalue weighted by Gasteiger charge is 2.32. The number of nitrogens with two attached hydrogens (primary N) is 1. The number of hydrogen-bond acceptors (Lipinski definition) is 5. The van der Waals surface area contributed by atoms with E-state index in [4.69, 9.17) is 10.5 Å². The van der Waals surface area contributed by atoms with E-state index in [1.165, 1.54) is 0 Å². The summed E-state index contributed by atoms with van der Waals surface area (Å²) in [5.74, 6) is 0.679. The Morgan fingerprint density at radius 1 is 1.52 bits per heavy atom. The normalized spacial score (nSPS) is 17.6. The SMILES string of the molecule is Cn1c(N2CCC(C)(COC(N)=O)CC2)ncc(I)c1=O. The molecule has 21 heavy (non-hydrogen) atoms. The first kappa shape index (κ1) is 16.1. The van der Waals surface area contributed by atoms with Gasteiger partial charge in [-0.2, -0.15) is 0 Å². The fraction of sp³-hybridized carbons (Fsp3) is 0.615. The molecule has 1 aliphatic rings. The first-order valence-electron chi connectivity index (χ1n) is 6.71. The molecule has 2 heterocycles. The number of ether oxygens (including phenoxy) is 1. The Kier molecular flexibility index (Phi) is 4.74. The van der Waals surface area contributed by atoms with Gasteiger partial charge in [0.2, 0.25) is 5.95 Å². The lowest BCUT2D eigenvalue weighted by molar-refractivity contribution is 0.0816. The quantitative estimate of drug-likeness (QED) is 0.759. The molecule has 1 aliphatic heterocycles. The molecule has 8 heteroatoms. The minimum absolute atomic E-state index is 0.0361. The van der Waals surface area contributed by atoms with Crippen LogP contribution in [-0.2, 0) is 11.8 Å². The maximum Gasteiger partial charge on any atom is 0.404 e. The van der Waals surface area contributed by atoms with E-state index in [9.17, 15) is 9.59 Å². The van der Waals surface area contributed by atoms with E-state index in [0.717, 1.165) is 25.9 Å². The highest BCUT2D eigenvalue weighted by Crippen LogP contribution is 2.32. The van der Waals surface area contributed by atoms with Crippen molar-refractivity contribution in [1.29, 1.82) is 0 Å². The Balaban J connectivity index is 2.06. The Morgan fingerprint density at radius 3 is 2.71 bits per heavy atom. The van der Waals surface area contributed by atoms with Gasteiger partial charge in [0.25, 0.3) is 5.56 Å². The third kappa shape index (κ3) is 3.66.